The van der Waals surface area contributed by atoms with Crippen LogP contribution in [0.2, 0.25) is 0 Å². The smallest absolute Gasteiger partial charge is 0.0488 e. The van der Waals surface area contributed by atoms with E-state index in [-0.39, 0.29) is 0 Å². The maximum atomic E-state index is 4.22. The van der Waals surface area contributed by atoms with Crippen LogP contribution in [0, 0.1) is 0 Å². The molecule has 4 nitrogen and oxygen atoms in total. The predicted molar refractivity (Wildman–Crippen MR) is 310 cm³/mol. The Morgan fingerprint density at radius 1 is 0.347 bits per heavy atom. The van der Waals surface area contributed by atoms with Gasteiger partial charge in [-0.15, -0.1) is 11.3 Å². The zero-order chi connectivity index (χ0) is 48.6. The van der Waals surface area contributed by atoms with Crippen molar-refractivity contribution in [2.24, 2.45) is 0 Å². The van der Waals surface area contributed by atoms with Gasteiger partial charge in [0.25, 0.3) is 0 Å². The summed E-state index contributed by atoms with van der Waals surface area (Å²) < 4.78 is 2.46. The van der Waals surface area contributed by atoms with E-state index >= 15 is 0 Å². The van der Waals surface area contributed by atoms with Crippen LogP contribution in [0.4, 0.5) is 62.6 Å². The highest BCUT2D eigenvalue weighted by Gasteiger charge is 2.22. The summed E-state index contributed by atoms with van der Waals surface area (Å²) in [5.41, 5.74) is 15.0. The van der Waals surface area contributed by atoms with Crippen LogP contribution in [-0.2, 0) is 0 Å². The van der Waals surface area contributed by atoms with Gasteiger partial charge in [0, 0.05) is 88.4 Å². The van der Waals surface area contributed by atoms with Crippen LogP contribution < -0.4 is 19.6 Å². The molecule has 0 N–H and O–H groups in total. The number of rotatable bonds is 15. The van der Waals surface area contributed by atoms with E-state index in [1.807, 2.05) is 30.4 Å². The first-order valence-corrected chi connectivity index (χ1v) is 25.1. The molecule has 0 spiro atoms. The van der Waals surface area contributed by atoms with E-state index in [2.05, 4.69) is 299 Å². The highest BCUT2D eigenvalue weighted by atomic mass is 32.1. The number of nitrogens with zero attached hydrogens (tertiary/aromatic N) is 4. The molecule has 1 aromatic heterocycles. The normalized spacial score (nSPS) is 11.5. The highest BCUT2D eigenvalue weighted by Crippen LogP contribution is 2.46. The fraction of sp³-hybridized carbons (Fsp3) is 0.0149. The van der Waals surface area contributed by atoms with Gasteiger partial charge in [-0.1, -0.05) is 146 Å². The highest BCUT2D eigenvalue weighted by molar-refractivity contribution is 7.25. The third kappa shape index (κ3) is 9.33. The molecule has 11 aromatic rings. The number of thiophene rings is 1. The average molecular weight is 945 g/mol. The Bertz CT molecular complexity index is 3490. The Kier molecular flexibility index (Phi) is 13.1. The van der Waals surface area contributed by atoms with Crippen molar-refractivity contribution in [3.05, 3.63) is 297 Å². The van der Waals surface area contributed by atoms with Crippen LogP contribution in [-0.4, -0.2) is 0 Å². The second-order valence-electron chi connectivity index (χ2n) is 17.4. The number of fused-ring (bicyclic) bond motifs is 3. The van der Waals surface area contributed by atoms with E-state index in [0.717, 1.165) is 79.4 Å². The monoisotopic (exact) mass is 944 g/mol. The lowest BCUT2D eigenvalue weighted by molar-refractivity contribution is 1.20. The molecule has 0 bridgehead atoms. The molecule has 72 heavy (non-hydrogen) atoms. The molecule has 0 radical (unpaired) electrons. The Hall–Kier alpha value is -9.16. The molecule has 346 valence electrons. The van der Waals surface area contributed by atoms with Crippen molar-refractivity contribution in [1.29, 1.82) is 0 Å². The van der Waals surface area contributed by atoms with Gasteiger partial charge >= 0.3 is 0 Å². The van der Waals surface area contributed by atoms with Gasteiger partial charge in [-0.3, -0.25) is 0 Å². The fourth-order valence-electron chi connectivity index (χ4n) is 9.56. The van der Waals surface area contributed by atoms with E-state index in [1.165, 1.54) is 20.2 Å². The summed E-state index contributed by atoms with van der Waals surface area (Å²) in [7, 11) is 0. The molecule has 0 amide bonds. The summed E-state index contributed by atoms with van der Waals surface area (Å²) in [6.07, 6.45) is 8.12. The standard InChI is InChI=1S/C67H52N4S/c1-3-5-25-52(4-2)68(53-26-12-6-13-27-53)59-38-24-39-60(47-59)71(58-36-22-11-23-37-58)61-41-42-64-65-46-50(40-43-66(65)72-67(64)49-61)51-44-62(69(54-28-14-7-15-29-54)55-30-16-8-17-31-55)48-63(45-51)70(56-32-18-9-19-33-56)57-34-20-10-21-35-57/h3-49H,2H2,1H3/b5-3-,52-25+. The van der Waals surface area contributed by atoms with Gasteiger partial charge in [-0.2, -0.15) is 0 Å². The van der Waals surface area contributed by atoms with Crippen molar-refractivity contribution in [2.45, 2.75) is 6.92 Å². The third-order valence-corrected chi connectivity index (χ3v) is 14.0. The minimum atomic E-state index is 0.978. The Labute approximate surface area is 426 Å². The SMILES string of the molecule is C=C/C(=C\C=C/C)N(c1ccccc1)c1cccc(N(c2ccccc2)c2ccc3c(c2)sc2ccc(-c4cc(N(c5ccccc5)c5ccccc5)cc(N(c5ccccc5)c5ccccc5)c4)cc23)c1. The van der Waals surface area contributed by atoms with Crippen molar-refractivity contribution >= 4 is 94.1 Å². The molecule has 5 heteroatoms. The fourth-order valence-corrected chi connectivity index (χ4v) is 10.7. The van der Waals surface area contributed by atoms with Gasteiger partial charge in [-0.05, 0) is 164 Å². The quantitative estimate of drug-likeness (QED) is 0.0950. The summed E-state index contributed by atoms with van der Waals surface area (Å²) in [4.78, 5) is 9.32. The van der Waals surface area contributed by atoms with Gasteiger partial charge < -0.3 is 19.6 Å². The second-order valence-corrected chi connectivity index (χ2v) is 18.5. The van der Waals surface area contributed by atoms with Gasteiger partial charge in [0.2, 0.25) is 0 Å². The maximum absolute atomic E-state index is 4.22. The molecule has 11 rings (SSSR count). The molecule has 10 aromatic carbocycles. The van der Waals surface area contributed by atoms with E-state index < -0.39 is 0 Å². The number of allylic oxidation sites excluding steroid dienone is 4. The molecular weight excluding hydrogens is 893 g/mol. The van der Waals surface area contributed by atoms with Crippen molar-refractivity contribution in [3.63, 3.8) is 0 Å². The first-order valence-electron chi connectivity index (χ1n) is 24.3. The molecule has 0 fully saturated rings. The molecule has 0 saturated carbocycles. The largest absolute Gasteiger partial charge is 0.310 e. The molecule has 0 aliphatic rings. The van der Waals surface area contributed by atoms with E-state index in [9.17, 15) is 0 Å². The first-order chi connectivity index (χ1) is 35.6. The van der Waals surface area contributed by atoms with E-state index in [1.54, 1.807) is 0 Å². The van der Waals surface area contributed by atoms with E-state index in [4.69, 9.17) is 0 Å². The third-order valence-electron chi connectivity index (χ3n) is 12.8. The molecule has 0 aliphatic heterocycles. The lowest BCUT2D eigenvalue weighted by Crippen LogP contribution is -2.16. The number of hydrogen-bond donors (Lipinski definition) is 0. The summed E-state index contributed by atoms with van der Waals surface area (Å²) in [5.74, 6) is 0. The molecule has 0 atom stereocenters. The van der Waals surface area contributed by atoms with Crippen molar-refractivity contribution in [2.75, 3.05) is 19.6 Å². The maximum Gasteiger partial charge on any atom is 0.0488 e. The first kappa shape index (κ1) is 45.3. The Balaban J connectivity index is 1.05. The summed E-state index contributed by atoms with van der Waals surface area (Å²) in [5, 5.41) is 2.46. The Morgan fingerprint density at radius 3 is 1.26 bits per heavy atom. The zero-order valence-electron chi connectivity index (χ0n) is 40.0. The topological polar surface area (TPSA) is 13.0 Å². The van der Waals surface area contributed by atoms with Gasteiger partial charge in [0.15, 0.2) is 0 Å². The number of hydrogen-bond acceptors (Lipinski definition) is 5. The Morgan fingerprint density at radius 2 is 0.778 bits per heavy atom. The summed E-state index contributed by atoms with van der Waals surface area (Å²) in [6, 6.07) is 93.4. The minimum absolute atomic E-state index is 0.978. The summed E-state index contributed by atoms with van der Waals surface area (Å²) in [6.45, 7) is 6.25. The molecule has 0 saturated heterocycles. The molecular formula is C67H52N4S. The van der Waals surface area contributed by atoms with Crippen LogP contribution in [0.3, 0.4) is 0 Å². The van der Waals surface area contributed by atoms with Crippen LogP contribution in [0.5, 0.6) is 0 Å². The molecule has 1 heterocycles. The number of benzene rings is 10. The van der Waals surface area contributed by atoms with Crippen molar-refractivity contribution in [1.82, 2.24) is 0 Å². The predicted octanol–water partition coefficient (Wildman–Crippen LogP) is 19.9. The summed E-state index contributed by atoms with van der Waals surface area (Å²) >= 11 is 1.84. The average Bonchev–Trinajstić information content (AvgIpc) is 3.81. The number of anilines is 11. The van der Waals surface area contributed by atoms with Gasteiger partial charge in [0.1, 0.15) is 0 Å². The molecule has 0 unspecified atom stereocenters. The van der Waals surface area contributed by atoms with Crippen molar-refractivity contribution < 1.29 is 0 Å². The minimum Gasteiger partial charge on any atom is -0.310 e. The van der Waals surface area contributed by atoms with Crippen LogP contribution >= 0.6 is 11.3 Å². The lowest BCUT2D eigenvalue weighted by Gasteiger charge is -2.30. The van der Waals surface area contributed by atoms with Gasteiger partial charge in [-0.25, -0.2) is 0 Å². The van der Waals surface area contributed by atoms with Crippen molar-refractivity contribution in [3.8, 4) is 11.1 Å². The lowest BCUT2D eigenvalue weighted by atomic mass is 10.00. The van der Waals surface area contributed by atoms with Crippen LogP contribution in [0.1, 0.15) is 6.92 Å². The zero-order valence-corrected chi connectivity index (χ0v) is 40.9. The number of para-hydroxylation sites is 6. The molecule has 0 aliphatic carbocycles. The van der Waals surface area contributed by atoms with E-state index in [0.29, 0.717) is 0 Å². The van der Waals surface area contributed by atoms with Gasteiger partial charge in [0.05, 0.1) is 0 Å². The second kappa shape index (κ2) is 20.8. The van der Waals surface area contributed by atoms with Crippen LogP contribution in [0.25, 0.3) is 31.3 Å². The van der Waals surface area contributed by atoms with Crippen LogP contribution in [0.15, 0.2) is 297 Å².